The lowest BCUT2D eigenvalue weighted by atomic mass is 10.0. The summed E-state index contributed by atoms with van der Waals surface area (Å²) in [4.78, 5) is 41.8. The van der Waals surface area contributed by atoms with Crippen LogP contribution >= 0.6 is 0 Å². The van der Waals surface area contributed by atoms with Gasteiger partial charge in [-0.1, -0.05) is 30.3 Å². The number of amides is 3. The average molecular weight is 443 g/mol. The second kappa shape index (κ2) is 9.99. The summed E-state index contributed by atoms with van der Waals surface area (Å²) in [6.45, 7) is 1.43. The Balaban J connectivity index is 1.90. The molecule has 32 heavy (non-hydrogen) atoms. The Morgan fingerprint density at radius 3 is 2.34 bits per heavy atom. The van der Waals surface area contributed by atoms with Gasteiger partial charge in [0, 0.05) is 13.1 Å². The zero-order valence-electron chi connectivity index (χ0n) is 18.1. The van der Waals surface area contributed by atoms with Crippen molar-refractivity contribution in [1.82, 2.24) is 9.80 Å². The molecule has 170 valence electrons. The van der Waals surface area contributed by atoms with E-state index in [2.05, 4.69) is 0 Å². The van der Waals surface area contributed by atoms with Crippen LogP contribution in [0.25, 0.3) is 0 Å². The molecule has 0 saturated carbocycles. The first-order valence-electron chi connectivity index (χ1n) is 10.6. The number of nitrogens with two attached hydrogens (primary N) is 1. The monoisotopic (exact) mass is 443 g/mol. The number of hydrogen-bond acceptors (Lipinski definition) is 4. The van der Waals surface area contributed by atoms with E-state index < -0.39 is 42.0 Å². The molecule has 1 heterocycles. The first-order chi connectivity index (χ1) is 15.2. The number of benzene rings is 2. The second-order valence-corrected chi connectivity index (χ2v) is 8.17. The molecule has 2 aromatic rings. The zero-order valence-corrected chi connectivity index (χ0v) is 18.1. The fourth-order valence-corrected chi connectivity index (χ4v) is 4.16. The summed E-state index contributed by atoms with van der Waals surface area (Å²) in [5, 5.41) is 0. The molecule has 0 aromatic heterocycles. The van der Waals surface area contributed by atoms with Crippen molar-refractivity contribution in [3.8, 4) is 0 Å². The number of halogens is 2. The number of carbonyl (C=O) groups is 3. The maximum atomic E-state index is 13.6. The SMILES string of the molecule is C[C@H](N)C(=O)N(C(=O)Cc1cc(F)cc(F)c1)[C@@H]1CCC[C@@H](c2ccccc2)N(C)C1=O. The summed E-state index contributed by atoms with van der Waals surface area (Å²) in [7, 11) is 1.65. The third-order valence-corrected chi connectivity index (χ3v) is 5.72. The fraction of sp³-hybridized carbons (Fsp3) is 0.375. The number of carbonyl (C=O) groups excluding carboxylic acids is 3. The van der Waals surface area contributed by atoms with E-state index in [9.17, 15) is 23.2 Å². The molecule has 3 amide bonds. The van der Waals surface area contributed by atoms with Gasteiger partial charge in [-0.05, 0) is 49.4 Å². The van der Waals surface area contributed by atoms with Crippen LogP contribution in [-0.4, -0.2) is 46.7 Å². The highest BCUT2D eigenvalue weighted by Gasteiger charge is 2.40. The van der Waals surface area contributed by atoms with E-state index in [1.165, 1.54) is 6.92 Å². The average Bonchev–Trinajstić information content (AvgIpc) is 2.87. The van der Waals surface area contributed by atoms with Crippen LogP contribution < -0.4 is 5.73 Å². The molecular formula is C24H27F2N3O3. The Morgan fingerprint density at radius 2 is 1.75 bits per heavy atom. The molecule has 0 bridgehead atoms. The molecule has 3 atom stereocenters. The zero-order chi connectivity index (χ0) is 23.4. The van der Waals surface area contributed by atoms with Crippen LogP contribution in [0.4, 0.5) is 8.78 Å². The highest BCUT2D eigenvalue weighted by molar-refractivity contribution is 6.02. The standard InChI is InChI=1S/C24H27F2N3O3/c1-15(27)23(31)29(22(30)13-16-11-18(25)14-19(26)12-16)21-10-6-9-20(28(2)24(21)32)17-7-4-3-5-8-17/h3-5,7-8,11-12,14-15,20-21H,6,9-10,13,27H2,1-2H3/t15-,20-,21+/m0/s1. The summed E-state index contributed by atoms with van der Waals surface area (Å²) < 4.78 is 27.2. The van der Waals surface area contributed by atoms with Gasteiger partial charge in [-0.3, -0.25) is 19.3 Å². The summed E-state index contributed by atoms with van der Waals surface area (Å²) in [5.41, 5.74) is 6.82. The third kappa shape index (κ3) is 5.19. The van der Waals surface area contributed by atoms with Gasteiger partial charge in [-0.15, -0.1) is 0 Å². The van der Waals surface area contributed by atoms with Crippen molar-refractivity contribution in [2.75, 3.05) is 7.05 Å². The van der Waals surface area contributed by atoms with Crippen molar-refractivity contribution in [2.45, 2.75) is 50.7 Å². The second-order valence-electron chi connectivity index (χ2n) is 8.17. The van der Waals surface area contributed by atoms with Crippen LogP contribution in [0.5, 0.6) is 0 Å². The van der Waals surface area contributed by atoms with Gasteiger partial charge in [0.25, 0.3) is 0 Å². The number of likely N-dealkylation sites (N-methyl/N-ethyl adjacent to an activating group) is 1. The van der Waals surface area contributed by atoms with Crippen molar-refractivity contribution in [3.63, 3.8) is 0 Å². The molecule has 0 radical (unpaired) electrons. The molecule has 6 nitrogen and oxygen atoms in total. The molecule has 1 fully saturated rings. The van der Waals surface area contributed by atoms with Crippen LogP contribution in [0.2, 0.25) is 0 Å². The van der Waals surface area contributed by atoms with E-state index in [1.54, 1.807) is 11.9 Å². The van der Waals surface area contributed by atoms with Crippen molar-refractivity contribution < 1.29 is 23.2 Å². The van der Waals surface area contributed by atoms with E-state index >= 15 is 0 Å². The van der Waals surface area contributed by atoms with Gasteiger partial charge < -0.3 is 10.6 Å². The minimum atomic E-state index is -1.03. The minimum Gasteiger partial charge on any atom is -0.337 e. The summed E-state index contributed by atoms with van der Waals surface area (Å²) >= 11 is 0. The van der Waals surface area contributed by atoms with Crippen molar-refractivity contribution >= 4 is 17.7 Å². The highest BCUT2D eigenvalue weighted by atomic mass is 19.1. The summed E-state index contributed by atoms with van der Waals surface area (Å²) in [6.07, 6.45) is 1.13. The normalized spacial score (nSPS) is 19.9. The van der Waals surface area contributed by atoms with Gasteiger partial charge in [0.15, 0.2) is 0 Å². The minimum absolute atomic E-state index is 0.0755. The molecule has 1 aliphatic rings. The molecule has 2 aromatic carbocycles. The fourth-order valence-electron chi connectivity index (χ4n) is 4.16. The van der Waals surface area contributed by atoms with Crippen LogP contribution in [0.3, 0.4) is 0 Å². The lowest BCUT2D eigenvalue weighted by Gasteiger charge is -2.33. The Morgan fingerprint density at radius 1 is 1.12 bits per heavy atom. The molecule has 2 N–H and O–H groups in total. The largest absolute Gasteiger partial charge is 0.337 e. The summed E-state index contributed by atoms with van der Waals surface area (Å²) in [6, 6.07) is 10.1. The van der Waals surface area contributed by atoms with E-state index in [0.29, 0.717) is 18.9 Å². The van der Waals surface area contributed by atoms with E-state index in [0.717, 1.165) is 22.6 Å². The first kappa shape index (κ1) is 23.5. The molecule has 3 rings (SSSR count). The van der Waals surface area contributed by atoms with Gasteiger partial charge >= 0.3 is 0 Å². The van der Waals surface area contributed by atoms with Gasteiger partial charge in [0.1, 0.15) is 17.7 Å². The topological polar surface area (TPSA) is 83.7 Å². The molecule has 0 spiro atoms. The Kier molecular flexibility index (Phi) is 7.35. The molecule has 8 heteroatoms. The Labute approximate surface area is 186 Å². The van der Waals surface area contributed by atoms with E-state index in [4.69, 9.17) is 5.73 Å². The molecule has 1 aliphatic heterocycles. The molecule has 0 unspecified atom stereocenters. The number of hydrogen-bond donors (Lipinski definition) is 1. The Bertz CT molecular complexity index is 977. The smallest absolute Gasteiger partial charge is 0.246 e. The van der Waals surface area contributed by atoms with Crippen molar-refractivity contribution in [3.05, 3.63) is 71.3 Å². The number of nitrogens with zero attached hydrogens (tertiary/aromatic N) is 2. The molecule has 0 aliphatic carbocycles. The van der Waals surface area contributed by atoms with E-state index in [1.807, 2.05) is 30.3 Å². The summed E-state index contributed by atoms with van der Waals surface area (Å²) in [5.74, 6) is -3.44. The lowest BCUT2D eigenvalue weighted by molar-refractivity contribution is -0.155. The van der Waals surface area contributed by atoms with Crippen LogP contribution in [0.1, 0.15) is 43.4 Å². The van der Waals surface area contributed by atoms with Crippen LogP contribution in [0.15, 0.2) is 48.5 Å². The molecular weight excluding hydrogens is 416 g/mol. The maximum absolute atomic E-state index is 13.6. The highest BCUT2D eigenvalue weighted by Crippen LogP contribution is 2.31. The van der Waals surface area contributed by atoms with Gasteiger partial charge in [-0.25, -0.2) is 8.78 Å². The maximum Gasteiger partial charge on any atom is 0.246 e. The van der Waals surface area contributed by atoms with Crippen LogP contribution in [0, 0.1) is 11.6 Å². The van der Waals surface area contributed by atoms with E-state index in [-0.39, 0.29) is 23.9 Å². The van der Waals surface area contributed by atoms with Crippen molar-refractivity contribution in [2.24, 2.45) is 5.73 Å². The molecule has 1 saturated heterocycles. The lowest BCUT2D eigenvalue weighted by Crippen LogP contribution is -2.56. The quantitative estimate of drug-likeness (QED) is 0.770. The first-order valence-corrected chi connectivity index (χ1v) is 10.6. The van der Waals surface area contributed by atoms with Gasteiger partial charge in [0.2, 0.25) is 17.7 Å². The van der Waals surface area contributed by atoms with Gasteiger partial charge in [-0.2, -0.15) is 0 Å². The number of imide groups is 1. The predicted octanol–water partition coefficient (Wildman–Crippen LogP) is 2.96. The predicted molar refractivity (Wildman–Crippen MR) is 115 cm³/mol. The van der Waals surface area contributed by atoms with Crippen LogP contribution in [-0.2, 0) is 20.8 Å². The third-order valence-electron chi connectivity index (χ3n) is 5.72. The number of likely N-dealkylation sites (tertiary alicyclic amines) is 1. The number of rotatable bonds is 5. The van der Waals surface area contributed by atoms with Crippen molar-refractivity contribution in [1.29, 1.82) is 0 Å². The Hall–Kier alpha value is -3.13. The van der Waals surface area contributed by atoms with Gasteiger partial charge in [0.05, 0.1) is 18.5 Å².